The second-order valence-corrected chi connectivity index (χ2v) is 9.23. The molecule has 1 saturated carbocycles. The summed E-state index contributed by atoms with van der Waals surface area (Å²) >= 11 is 6.96. The molecule has 33 heavy (non-hydrogen) atoms. The molecule has 1 aliphatic carbocycles. The number of amides is 2. The molecule has 0 aliphatic heterocycles. The molecule has 4 rings (SSSR count). The van der Waals surface area contributed by atoms with Crippen molar-refractivity contribution in [3.63, 3.8) is 0 Å². The standard InChI is InChI=1S/C23H19ClFN3O4S/c24-20-7-6-19(33-20)23(32)26-12-14-9-13(10-18(14)29)22(31)27-17-5-4-15(11-16(17)25)28-8-2-1-3-21(28)30/h1-8,11-13,18,29H,9-10H2,(H,26,32)(H,27,31)/b14-12-/t13-,18?/m0/s1. The fourth-order valence-corrected chi connectivity index (χ4v) is 4.52. The first-order valence-corrected chi connectivity index (χ1v) is 11.2. The van der Waals surface area contributed by atoms with Crippen LogP contribution in [0.25, 0.3) is 5.69 Å². The van der Waals surface area contributed by atoms with E-state index in [1.807, 2.05) is 0 Å². The number of nitrogens with zero attached hydrogens (tertiary/aromatic N) is 1. The zero-order chi connectivity index (χ0) is 23.5. The number of aliphatic hydroxyl groups excluding tert-OH is 1. The van der Waals surface area contributed by atoms with Gasteiger partial charge in [0.25, 0.3) is 11.5 Å². The number of nitrogens with one attached hydrogen (secondary N) is 2. The van der Waals surface area contributed by atoms with Crippen LogP contribution in [-0.2, 0) is 4.79 Å². The summed E-state index contributed by atoms with van der Waals surface area (Å²) < 4.78 is 16.4. The molecule has 2 heterocycles. The topological polar surface area (TPSA) is 100 Å². The normalized spacial score (nSPS) is 18.9. The second-order valence-electron chi connectivity index (χ2n) is 7.51. The number of hydrogen-bond acceptors (Lipinski definition) is 5. The van der Waals surface area contributed by atoms with Gasteiger partial charge in [-0.3, -0.25) is 19.0 Å². The van der Waals surface area contributed by atoms with Crippen LogP contribution >= 0.6 is 22.9 Å². The summed E-state index contributed by atoms with van der Waals surface area (Å²) in [7, 11) is 0. The van der Waals surface area contributed by atoms with E-state index >= 15 is 0 Å². The van der Waals surface area contributed by atoms with Crippen molar-refractivity contribution in [2.24, 2.45) is 5.92 Å². The molecule has 1 aliphatic rings. The lowest BCUT2D eigenvalue weighted by Gasteiger charge is -2.12. The zero-order valence-electron chi connectivity index (χ0n) is 17.1. The van der Waals surface area contributed by atoms with E-state index in [0.29, 0.717) is 20.5 Å². The van der Waals surface area contributed by atoms with Crippen LogP contribution in [0, 0.1) is 11.7 Å². The molecule has 0 bridgehead atoms. The highest BCUT2D eigenvalue weighted by molar-refractivity contribution is 7.18. The average Bonchev–Trinajstić information content (AvgIpc) is 3.39. The van der Waals surface area contributed by atoms with E-state index in [-0.39, 0.29) is 30.0 Å². The Kier molecular flexibility index (Phi) is 6.73. The zero-order valence-corrected chi connectivity index (χ0v) is 18.7. The van der Waals surface area contributed by atoms with Crippen LogP contribution < -0.4 is 16.2 Å². The van der Waals surface area contributed by atoms with Gasteiger partial charge >= 0.3 is 0 Å². The van der Waals surface area contributed by atoms with E-state index in [4.69, 9.17) is 11.6 Å². The van der Waals surface area contributed by atoms with Gasteiger partial charge in [0.15, 0.2) is 0 Å². The molecule has 1 fully saturated rings. The van der Waals surface area contributed by atoms with Gasteiger partial charge in [-0.1, -0.05) is 17.7 Å². The largest absolute Gasteiger partial charge is 0.389 e. The lowest BCUT2D eigenvalue weighted by molar-refractivity contribution is -0.119. The Morgan fingerprint density at radius 3 is 2.73 bits per heavy atom. The molecule has 170 valence electrons. The minimum Gasteiger partial charge on any atom is -0.389 e. The summed E-state index contributed by atoms with van der Waals surface area (Å²) in [5, 5.41) is 15.4. The van der Waals surface area contributed by atoms with Crippen LogP contribution in [0.15, 0.2) is 71.3 Å². The number of aliphatic hydroxyl groups is 1. The van der Waals surface area contributed by atoms with Gasteiger partial charge in [0.1, 0.15) is 5.82 Å². The molecule has 0 saturated heterocycles. The Bertz CT molecular complexity index is 1300. The van der Waals surface area contributed by atoms with E-state index in [9.17, 15) is 23.9 Å². The summed E-state index contributed by atoms with van der Waals surface area (Å²) in [6, 6.07) is 11.9. The van der Waals surface area contributed by atoms with Gasteiger partial charge in [-0.2, -0.15) is 0 Å². The lowest BCUT2D eigenvalue weighted by atomic mass is 10.1. The highest BCUT2D eigenvalue weighted by Crippen LogP contribution is 2.32. The molecule has 0 spiro atoms. The van der Waals surface area contributed by atoms with Gasteiger partial charge in [-0.05, 0) is 48.7 Å². The van der Waals surface area contributed by atoms with Crippen molar-refractivity contribution in [1.82, 2.24) is 9.88 Å². The van der Waals surface area contributed by atoms with Gasteiger partial charge in [-0.15, -0.1) is 11.3 Å². The predicted molar refractivity (Wildman–Crippen MR) is 124 cm³/mol. The Morgan fingerprint density at radius 1 is 1.21 bits per heavy atom. The van der Waals surface area contributed by atoms with Crippen molar-refractivity contribution in [3.8, 4) is 5.69 Å². The first kappa shape index (κ1) is 22.9. The number of hydrogen-bond donors (Lipinski definition) is 3. The first-order chi connectivity index (χ1) is 15.8. The predicted octanol–water partition coefficient (Wildman–Crippen LogP) is 3.71. The molecule has 7 nitrogen and oxygen atoms in total. The van der Waals surface area contributed by atoms with E-state index in [0.717, 1.165) is 17.4 Å². The molecule has 1 unspecified atom stereocenters. The van der Waals surface area contributed by atoms with Crippen LogP contribution in [0.5, 0.6) is 0 Å². The molecule has 2 atom stereocenters. The number of benzene rings is 1. The number of carbonyl (C=O) groups is 2. The van der Waals surface area contributed by atoms with Gasteiger partial charge < -0.3 is 15.7 Å². The van der Waals surface area contributed by atoms with Crippen LogP contribution in [0.3, 0.4) is 0 Å². The molecular weight excluding hydrogens is 469 g/mol. The smallest absolute Gasteiger partial charge is 0.265 e. The Hall–Kier alpha value is -3.27. The number of carbonyl (C=O) groups excluding carboxylic acids is 2. The second kappa shape index (κ2) is 9.70. The number of pyridine rings is 1. The Labute approximate surface area is 197 Å². The van der Waals surface area contributed by atoms with Gasteiger partial charge in [0.2, 0.25) is 5.91 Å². The van der Waals surface area contributed by atoms with Crippen molar-refractivity contribution < 1.29 is 19.1 Å². The van der Waals surface area contributed by atoms with Crippen LogP contribution in [0.2, 0.25) is 4.34 Å². The number of halogens is 2. The Balaban J connectivity index is 1.40. The molecule has 1 aromatic carbocycles. The minimum absolute atomic E-state index is 0.0254. The monoisotopic (exact) mass is 487 g/mol. The SMILES string of the molecule is O=C(N/C=C1/C[C@H](C(=O)Nc2ccc(-n3ccccc3=O)cc2F)CC1O)c1ccc(Cl)s1. The molecule has 2 amide bonds. The lowest BCUT2D eigenvalue weighted by Crippen LogP contribution is -2.22. The van der Waals surface area contributed by atoms with E-state index in [1.54, 1.807) is 24.3 Å². The van der Waals surface area contributed by atoms with Crippen molar-refractivity contribution in [3.05, 3.63) is 91.9 Å². The summed E-state index contributed by atoms with van der Waals surface area (Å²) in [4.78, 5) is 37.1. The quantitative estimate of drug-likeness (QED) is 0.510. The third-order valence-electron chi connectivity index (χ3n) is 5.29. The number of aromatic nitrogens is 1. The van der Waals surface area contributed by atoms with E-state index < -0.39 is 23.7 Å². The number of thiophene rings is 1. The van der Waals surface area contributed by atoms with Crippen LogP contribution in [-0.4, -0.2) is 27.6 Å². The molecule has 10 heteroatoms. The molecule has 2 aromatic heterocycles. The third-order valence-corrected chi connectivity index (χ3v) is 6.52. The van der Waals surface area contributed by atoms with Crippen LogP contribution in [0.4, 0.5) is 10.1 Å². The van der Waals surface area contributed by atoms with Crippen molar-refractivity contribution in [2.75, 3.05) is 5.32 Å². The average molecular weight is 488 g/mol. The third kappa shape index (κ3) is 5.22. The highest BCUT2D eigenvalue weighted by Gasteiger charge is 2.33. The molecular formula is C23H19ClFN3O4S. The van der Waals surface area contributed by atoms with Gasteiger partial charge in [0, 0.05) is 30.4 Å². The van der Waals surface area contributed by atoms with Crippen LogP contribution in [0.1, 0.15) is 22.5 Å². The maximum absolute atomic E-state index is 14.6. The van der Waals surface area contributed by atoms with E-state index in [2.05, 4.69) is 10.6 Å². The van der Waals surface area contributed by atoms with Crippen molar-refractivity contribution >= 4 is 40.4 Å². The minimum atomic E-state index is -0.898. The Morgan fingerprint density at radius 2 is 2.03 bits per heavy atom. The van der Waals surface area contributed by atoms with Crippen molar-refractivity contribution in [2.45, 2.75) is 18.9 Å². The highest BCUT2D eigenvalue weighted by atomic mass is 35.5. The summed E-state index contributed by atoms with van der Waals surface area (Å²) in [5.74, 6) is -2.08. The molecule has 3 N–H and O–H groups in total. The van der Waals surface area contributed by atoms with E-state index in [1.165, 1.54) is 35.2 Å². The van der Waals surface area contributed by atoms with Gasteiger partial charge in [0.05, 0.1) is 26.7 Å². The molecule has 0 radical (unpaired) electrons. The molecule has 3 aromatic rings. The maximum Gasteiger partial charge on any atom is 0.265 e. The number of anilines is 1. The number of rotatable bonds is 5. The maximum atomic E-state index is 14.6. The summed E-state index contributed by atoms with van der Waals surface area (Å²) in [6.45, 7) is 0. The fraction of sp³-hybridized carbons (Fsp3) is 0.174. The summed E-state index contributed by atoms with van der Waals surface area (Å²) in [5.41, 5.74) is 0.510. The fourth-order valence-electron chi connectivity index (χ4n) is 3.58. The van der Waals surface area contributed by atoms with Crippen molar-refractivity contribution in [1.29, 1.82) is 0 Å². The first-order valence-electron chi connectivity index (χ1n) is 10.0. The van der Waals surface area contributed by atoms with Gasteiger partial charge in [-0.25, -0.2) is 4.39 Å². The summed E-state index contributed by atoms with van der Waals surface area (Å²) in [6.07, 6.45) is 2.40.